The monoisotopic (exact) mass is 189 g/mol. The number of pyridine rings is 1. The van der Waals surface area contributed by atoms with Crippen LogP contribution in [0.4, 0.5) is 0 Å². The molecule has 0 N–H and O–H groups in total. The third-order valence-electron chi connectivity index (χ3n) is 2.07. The number of ether oxygens (including phenoxy) is 1. The summed E-state index contributed by atoms with van der Waals surface area (Å²) >= 11 is 0. The van der Waals surface area contributed by atoms with Gasteiger partial charge in [-0.1, -0.05) is 6.07 Å². The van der Waals surface area contributed by atoms with E-state index in [1.165, 1.54) is 6.92 Å². The van der Waals surface area contributed by atoms with E-state index in [4.69, 9.17) is 4.74 Å². The highest BCUT2D eigenvalue weighted by atomic mass is 16.5. The Bertz CT molecular complexity index is 485. The van der Waals surface area contributed by atoms with E-state index in [1.54, 1.807) is 0 Å². The molecule has 3 nitrogen and oxygen atoms in total. The van der Waals surface area contributed by atoms with E-state index in [1.807, 2.05) is 41.8 Å². The van der Waals surface area contributed by atoms with Crippen LogP contribution >= 0.6 is 0 Å². The number of hydrogen-bond donors (Lipinski definition) is 0. The fraction of sp³-hybridized carbons (Fsp3) is 0.182. The number of rotatable bonds is 1. The Morgan fingerprint density at radius 1 is 1.43 bits per heavy atom. The zero-order valence-corrected chi connectivity index (χ0v) is 8.15. The highest BCUT2D eigenvalue weighted by molar-refractivity contribution is 5.70. The van der Waals surface area contributed by atoms with Crippen molar-refractivity contribution in [3.05, 3.63) is 36.2 Å². The minimum Gasteiger partial charge on any atom is -0.425 e. The van der Waals surface area contributed by atoms with E-state index in [-0.39, 0.29) is 5.97 Å². The summed E-state index contributed by atoms with van der Waals surface area (Å²) in [6.45, 7) is 3.40. The maximum absolute atomic E-state index is 10.7. The maximum Gasteiger partial charge on any atom is 0.308 e. The first kappa shape index (κ1) is 8.81. The highest BCUT2D eigenvalue weighted by Crippen LogP contribution is 2.18. The van der Waals surface area contributed by atoms with E-state index in [9.17, 15) is 4.79 Å². The predicted molar refractivity (Wildman–Crippen MR) is 53.4 cm³/mol. The van der Waals surface area contributed by atoms with Gasteiger partial charge < -0.3 is 9.14 Å². The summed E-state index contributed by atoms with van der Waals surface area (Å²) in [4.78, 5) is 10.7. The molecule has 0 atom stereocenters. The molecular formula is C11H11NO2. The molecule has 0 fully saturated rings. The zero-order valence-electron chi connectivity index (χ0n) is 8.15. The molecule has 0 saturated carbocycles. The lowest BCUT2D eigenvalue weighted by atomic mass is 10.3. The Labute approximate surface area is 81.9 Å². The topological polar surface area (TPSA) is 30.7 Å². The second kappa shape index (κ2) is 3.18. The average molecular weight is 189 g/mol. The molecule has 0 amide bonds. The van der Waals surface area contributed by atoms with Gasteiger partial charge in [-0.2, -0.15) is 0 Å². The second-order valence-electron chi connectivity index (χ2n) is 3.23. The van der Waals surface area contributed by atoms with Crippen molar-refractivity contribution in [2.24, 2.45) is 0 Å². The predicted octanol–water partition coefficient (Wildman–Crippen LogP) is 2.17. The van der Waals surface area contributed by atoms with Gasteiger partial charge in [-0.3, -0.25) is 4.79 Å². The molecule has 0 radical (unpaired) electrons. The summed E-state index contributed by atoms with van der Waals surface area (Å²) < 4.78 is 6.98. The Morgan fingerprint density at radius 2 is 2.21 bits per heavy atom. The van der Waals surface area contributed by atoms with Crippen molar-refractivity contribution >= 4 is 11.5 Å². The Morgan fingerprint density at radius 3 is 2.86 bits per heavy atom. The second-order valence-corrected chi connectivity index (χ2v) is 3.23. The van der Waals surface area contributed by atoms with Gasteiger partial charge in [0.1, 0.15) is 5.75 Å². The van der Waals surface area contributed by atoms with Gasteiger partial charge in [0.15, 0.2) is 0 Å². The van der Waals surface area contributed by atoms with Crippen LogP contribution < -0.4 is 4.74 Å². The van der Waals surface area contributed by atoms with Crippen LogP contribution in [0.25, 0.3) is 5.52 Å². The van der Waals surface area contributed by atoms with Gasteiger partial charge in [0, 0.05) is 24.2 Å². The van der Waals surface area contributed by atoms with Crippen LogP contribution in [-0.4, -0.2) is 10.4 Å². The van der Waals surface area contributed by atoms with E-state index < -0.39 is 0 Å². The minimum atomic E-state index is -0.293. The van der Waals surface area contributed by atoms with Gasteiger partial charge in [0.05, 0.1) is 6.20 Å². The largest absolute Gasteiger partial charge is 0.425 e. The molecule has 0 bridgehead atoms. The Hall–Kier alpha value is -1.77. The third kappa shape index (κ3) is 1.48. The van der Waals surface area contributed by atoms with Gasteiger partial charge >= 0.3 is 5.97 Å². The van der Waals surface area contributed by atoms with Crippen LogP contribution in [-0.2, 0) is 4.79 Å². The molecule has 0 unspecified atom stereocenters. The first-order valence-electron chi connectivity index (χ1n) is 4.43. The first-order valence-corrected chi connectivity index (χ1v) is 4.43. The van der Waals surface area contributed by atoms with Crippen molar-refractivity contribution in [2.45, 2.75) is 13.8 Å². The van der Waals surface area contributed by atoms with Crippen molar-refractivity contribution in [3.8, 4) is 5.75 Å². The molecule has 72 valence electrons. The molecule has 2 aromatic rings. The fourth-order valence-corrected chi connectivity index (χ4v) is 1.48. The molecule has 0 saturated heterocycles. The maximum atomic E-state index is 10.7. The minimum absolute atomic E-state index is 0.293. The Kier molecular flexibility index (Phi) is 2.00. The van der Waals surface area contributed by atoms with Gasteiger partial charge in [0.25, 0.3) is 0 Å². The highest BCUT2D eigenvalue weighted by Gasteiger charge is 2.03. The molecule has 2 heterocycles. The number of carbonyl (C=O) groups excluding carboxylic acids is 1. The summed E-state index contributed by atoms with van der Waals surface area (Å²) in [6, 6.07) is 7.79. The molecule has 0 aliphatic carbocycles. The van der Waals surface area contributed by atoms with Crippen LogP contribution in [0.3, 0.4) is 0 Å². The summed E-state index contributed by atoms with van der Waals surface area (Å²) in [5.74, 6) is 0.297. The lowest BCUT2D eigenvalue weighted by Crippen LogP contribution is -1.99. The van der Waals surface area contributed by atoms with Crippen LogP contribution in [0.1, 0.15) is 12.6 Å². The van der Waals surface area contributed by atoms with E-state index in [0.717, 1.165) is 11.2 Å². The zero-order chi connectivity index (χ0) is 10.1. The number of hydrogen-bond acceptors (Lipinski definition) is 2. The first-order chi connectivity index (χ1) is 6.66. The lowest BCUT2D eigenvalue weighted by Gasteiger charge is -1.97. The van der Waals surface area contributed by atoms with Gasteiger partial charge in [-0.05, 0) is 19.1 Å². The molecule has 0 spiro atoms. The summed E-state index contributed by atoms with van der Waals surface area (Å²) in [5.41, 5.74) is 2.14. The molecule has 2 aromatic heterocycles. The molecule has 0 aliphatic rings. The van der Waals surface area contributed by atoms with E-state index in [0.29, 0.717) is 5.75 Å². The number of esters is 1. The number of aryl methyl sites for hydroxylation is 1. The van der Waals surface area contributed by atoms with Crippen molar-refractivity contribution in [3.63, 3.8) is 0 Å². The van der Waals surface area contributed by atoms with E-state index in [2.05, 4.69) is 0 Å². The lowest BCUT2D eigenvalue weighted by molar-refractivity contribution is -0.131. The average Bonchev–Trinajstić information content (AvgIpc) is 2.47. The summed E-state index contributed by atoms with van der Waals surface area (Å²) in [5, 5.41) is 0. The molecule has 3 heteroatoms. The number of carbonyl (C=O) groups is 1. The van der Waals surface area contributed by atoms with Crippen LogP contribution in [0.2, 0.25) is 0 Å². The molecule has 2 rings (SSSR count). The van der Waals surface area contributed by atoms with Crippen LogP contribution in [0.5, 0.6) is 5.75 Å². The smallest absolute Gasteiger partial charge is 0.308 e. The van der Waals surface area contributed by atoms with Crippen LogP contribution in [0.15, 0.2) is 30.5 Å². The number of fused-ring (bicyclic) bond motifs is 1. The molecule has 14 heavy (non-hydrogen) atoms. The quantitative estimate of drug-likeness (QED) is 0.644. The van der Waals surface area contributed by atoms with Crippen molar-refractivity contribution in [1.82, 2.24) is 4.40 Å². The van der Waals surface area contributed by atoms with Crippen molar-refractivity contribution in [1.29, 1.82) is 0 Å². The summed E-state index contributed by atoms with van der Waals surface area (Å²) in [7, 11) is 0. The molecular weight excluding hydrogens is 178 g/mol. The molecule has 0 aliphatic heterocycles. The van der Waals surface area contributed by atoms with Crippen molar-refractivity contribution < 1.29 is 9.53 Å². The third-order valence-corrected chi connectivity index (χ3v) is 2.07. The Balaban J connectivity index is 2.51. The van der Waals surface area contributed by atoms with Gasteiger partial charge in [-0.25, -0.2) is 0 Å². The van der Waals surface area contributed by atoms with Crippen molar-refractivity contribution in [2.75, 3.05) is 0 Å². The normalized spacial score (nSPS) is 10.4. The number of nitrogens with zero attached hydrogens (tertiary/aromatic N) is 1. The van der Waals surface area contributed by atoms with Gasteiger partial charge in [-0.15, -0.1) is 0 Å². The number of aromatic nitrogens is 1. The summed E-state index contributed by atoms with van der Waals surface area (Å²) in [6.07, 6.45) is 1.81. The standard InChI is InChI=1S/C11H11NO2/c1-8-4-3-5-10-6-11(7-12(8)10)14-9(2)13/h3-7H,1-2H3. The molecule has 0 aromatic carbocycles. The van der Waals surface area contributed by atoms with Gasteiger partial charge in [0.2, 0.25) is 0 Å². The van der Waals surface area contributed by atoms with Crippen LogP contribution in [0, 0.1) is 6.92 Å². The van der Waals surface area contributed by atoms with E-state index >= 15 is 0 Å². The SMILES string of the molecule is CC(=O)Oc1cc2cccc(C)n2c1. The fourth-order valence-electron chi connectivity index (χ4n) is 1.48.